The first-order chi connectivity index (χ1) is 8.45. The third kappa shape index (κ3) is 2.81. The number of sulfonamides is 1. The first-order valence-corrected chi connectivity index (χ1v) is 6.86. The summed E-state index contributed by atoms with van der Waals surface area (Å²) in [5.41, 5.74) is 5.42. The van der Waals surface area contributed by atoms with Crippen molar-refractivity contribution < 1.29 is 12.8 Å². The fourth-order valence-electron chi connectivity index (χ4n) is 1.56. The number of halogens is 1. The first kappa shape index (κ1) is 14.5. The Morgan fingerprint density at radius 2 is 2.17 bits per heavy atom. The fourth-order valence-corrected chi connectivity index (χ4v) is 3.17. The molecule has 0 amide bonds. The standard InChI is InChI=1S/C12H15FN2O2S/c1-3-8-15(9-4-2)18(16,17)12-10(13)6-5-7-11(12)14/h1,5-7H,4,8-9,14H2,2H3. The molecule has 1 aromatic carbocycles. The second-order valence-electron chi connectivity index (χ2n) is 3.70. The highest BCUT2D eigenvalue weighted by Crippen LogP contribution is 2.25. The van der Waals surface area contributed by atoms with Crippen molar-refractivity contribution in [1.82, 2.24) is 4.31 Å². The van der Waals surface area contributed by atoms with Crippen LogP contribution in [0.5, 0.6) is 0 Å². The van der Waals surface area contributed by atoms with Crippen LogP contribution in [-0.2, 0) is 10.0 Å². The van der Waals surface area contributed by atoms with Crippen molar-refractivity contribution in [2.45, 2.75) is 18.2 Å². The minimum absolute atomic E-state index is 0.107. The largest absolute Gasteiger partial charge is 0.398 e. The molecule has 0 aromatic heterocycles. The number of benzene rings is 1. The molecule has 98 valence electrons. The zero-order chi connectivity index (χ0) is 13.8. The van der Waals surface area contributed by atoms with Crippen LogP contribution in [0, 0.1) is 18.2 Å². The molecule has 1 rings (SSSR count). The predicted molar refractivity (Wildman–Crippen MR) is 68.7 cm³/mol. The lowest BCUT2D eigenvalue weighted by Crippen LogP contribution is -2.33. The maximum absolute atomic E-state index is 13.6. The van der Waals surface area contributed by atoms with Crippen molar-refractivity contribution >= 4 is 15.7 Å². The topological polar surface area (TPSA) is 63.4 Å². The second-order valence-corrected chi connectivity index (χ2v) is 5.58. The maximum Gasteiger partial charge on any atom is 0.248 e. The van der Waals surface area contributed by atoms with E-state index in [1.54, 1.807) is 0 Å². The van der Waals surface area contributed by atoms with Gasteiger partial charge in [0, 0.05) is 6.54 Å². The average Bonchev–Trinajstić information content (AvgIpc) is 2.28. The zero-order valence-electron chi connectivity index (χ0n) is 10.1. The van der Waals surface area contributed by atoms with E-state index in [0.29, 0.717) is 6.42 Å². The number of rotatable bonds is 5. The lowest BCUT2D eigenvalue weighted by Gasteiger charge is -2.20. The third-order valence-electron chi connectivity index (χ3n) is 2.34. The molecule has 0 saturated carbocycles. The summed E-state index contributed by atoms with van der Waals surface area (Å²) in [4.78, 5) is -0.506. The monoisotopic (exact) mass is 270 g/mol. The molecule has 0 fully saturated rings. The van der Waals surface area contributed by atoms with Gasteiger partial charge in [-0.1, -0.05) is 18.9 Å². The van der Waals surface area contributed by atoms with E-state index in [-0.39, 0.29) is 18.8 Å². The van der Waals surface area contributed by atoms with Gasteiger partial charge in [-0.2, -0.15) is 4.31 Å². The van der Waals surface area contributed by atoms with E-state index in [4.69, 9.17) is 12.2 Å². The smallest absolute Gasteiger partial charge is 0.248 e. The van der Waals surface area contributed by atoms with Crippen molar-refractivity contribution in [3.05, 3.63) is 24.0 Å². The Kier molecular flexibility index (Phi) is 4.70. The summed E-state index contributed by atoms with van der Waals surface area (Å²) in [5.74, 6) is 1.38. The number of terminal acetylenes is 1. The van der Waals surface area contributed by atoms with Gasteiger partial charge in [0.1, 0.15) is 10.7 Å². The van der Waals surface area contributed by atoms with Crippen LogP contribution in [0.15, 0.2) is 23.1 Å². The molecule has 6 heteroatoms. The molecule has 0 bridgehead atoms. The summed E-state index contributed by atoms with van der Waals surface area (Å²) in [6.45, 7) is 1.92. The molecular formula is C12H15FN2O2S. The molecule has 0 saturated heterocycles. The molecule has 0 unspecified atom stereocenters. The SMILES string of the molecule is C#CCN(CCC)S(=O)(=O)c1c(N)cccc1F. The van der Waals surface area contributed by atoms with E-state index in [1.807, 2.05) is 6.92 Å². The number of hydrogen-bond acceptors (Lipinski definition) is 3. The summed E-state index contributed by atoms with van der Waals surface area (Å²) in [6, 6.07) is 3.76. The third-order valence-corrected chi connectivity index (χ3v) is 4.27. The maximum atomic E-state index is 13.6. The quantitative estimate of drug-likeness (QED) is 0.650. The normalized spacial score (nSPS) is 11.4. The van der Waals surface area contributed by atoms with Crippen LogP contribution in [0.2, 0.25) is 0 Å². The molecule has 0 atom stereocenters. The predicted octanol–water partition coefficient (Wildman–Crippen LogP) is 1.44. The van der Waals surface area contributed by atoms with Crippen molar-refractivity contribution in [2.24, 2.45) is 0 Å². The minimum atomic E-state index is -4.00. The Morgan fingerprint density at radius 1 is 1.50 bits per heavy atom. The van der Waals surface area contributed by atoms with Crippen LogP contribution in [-0.4, -0.2) is 25.8 Å². The van der Waals surface area contributed by atoms with Gasteiger partial charge in [-0.15, -0.1) is 6.42 Å². The van der Waals surface area contributed by atoms with Crippen LogP contribution in [0.4, 0.5) is 10.1 Å². The van der Waals surface area contributed by atoms with Crippen molar-refractivity contribution in [1.29, 1.82) is 0 Å². The van der Waals surface area contributed by atoms with Crippen molar-refractivity contribution in [3.63, 3.8) is 0 Å². The average molecular weight is 270 g/mol. The molecule has 0 spiro atoms. The molecule has 18 heavy (non-hydrogen) atoms. The van der Waals surface area contributed by atoms with E-state index in [2.05, 4.69) is 5.92 Å². The number of hydrogen-bond donors (Lipinski definition) is 1. The molecular weight excluding hydrogens is 255 g/mol. The molecule has 0 heterocycles. The Bertz CT molecular complexity index is 544. The summed E-state index contributed by atoms with van der Waals surface area (Å²) in [5, 5.41) is 0. The Morgan fingerprint density at radius 3 is 2.67 bits per heavy atom. The van der Waals surface area contributed by atoms with Crippen molar-refractivity contribution in [3.8, 4) is 12.3 Å². The van der Waals surface area contributed by atoms with Gasteiger partial charge >= 0.3 is 0 Å². The Balaban J connectivity index is 3.32. The van der Waals surface area contributed by atoms with Gasteiger partial charge in [-0.3, -0.25) is 0 Å². The second kappa shape index (κ2) is 5.85. The van der Waals surface area contributed by atoms with Gasteiger partial charge in [0.2, 0.25) is 10.0 Å². The molecule has 0 radical (unpaired) electrons. The molecule has 1 aromatic rings. The van der Waals surface area contributed by atoms with Gasteiger partial charge in [-0.05, 0) is 18.6 Å². The van der Waals surface area contributed by atoms with Crippen LogP contribution in [0.1, 0.15) is 13.3 Å². The van der Waals surface area contributed by atoms with E-state index >= 15 is 0 Å². The lowest BCUT2D eigenvalue weighted by atomic mass is 10.3. The summed E-state index contributed by atoms with van der Waals surface area (Å²) >= 11 is 0. The van der Waals surface area contributed by atoms with Gasteiger partial charge in [0.05, 0.1) is 12.2 Å². The molecule has 4 nitrogen and oxygen atoms in total. The van der Waals surface area contributed by atoms with Gasteiger partial charge in [0.15, 0.2) is 0 Å². The number of anilines is 1. The van der Waals surface area contributed by atoms with Gasteiger partial charge < -0.3 is 5.73 Å². The van der Waals surface area contributed by atoms with E-state index in [9.17, 15) is 12.8 Å². The number of nitrogens with zero attached hydrogens (tertiary/aromatic N) is 1. The highest BCUT2D eigenvalue weighted by atomic mass is 32.2. The minimum Gasteiger partial charge on any atom is -0.398 e. The van der Waals surface area contributed by atoms with Gasteiger partial charge in [-0.25, -0.2) is 12.8 Å². The summed E-state index contributed by atoms with van der Waals surface area (Å²) in [7, 11) is -4.00. The first-order valence-electron chi connectivity index (χ1n) is 5.42. The van der Waals surface area contributed by atoms with Gasteiger partial charge in [0.25, 0.3) is 0 Å². The highest BCUT2D eigenvalue weighted by molar-refractivity contribution is 7.89. The van der Waals surface area contributed by atoms with E-state index < -0.39 is 20.7 Å². The number of nitrogens with two attached hydrogens (primary N) is 1. The van der Waals surface area contributed by atoms with Crippen molar-refractivity contribution in [2.75, 3.05) is 18.8 Å². The highest BCUT2D eigenvalue weighted by Gasteiger charge is 2.28. The van der Waals surface area contributed by atoms with E-state index in [1.165, 1.54) is 12.1 Å². The van der Waals surface area contributed by atoms with E-state index in [0.717, 1.165) is 10.4 Å². The lowest BCUT2D eigenvalue weighted by molar-refractivity contribution is 0.441. The summed E-state index contributed by atoms with van der Waals surface area (Å²) in [6.07, 6.45) is 5.71. The molecule has 0 aliphatic carbocycles. The number of nitrogen functional groups attached to an aromatic ring is 1. The molecule has 0 aliphatic rings. The Hall–Kier alpha value is -1.58. The van der Waals surface area contributed by atoms with Crippen LogP contribution in [0.25, 0.3) is 0 Å². The van der Waals surface area contributed by atoms with Crippen LogP contribution >= 0.6 is 0 Å². The molecule has 2 N–H and O–H groups in total. The molecule has 0 aliphatic heterocycles. The Labute approximate surface area is 107 Å². The zero-order valence-corrected chi connectivity index (χ0v) is 10.9. The van der Waals surface area contributed by atoms with Crippen LogP contribution < -0.4 is 5.73 Å². The fraction of sp³-hybridized carbons (Fsp3) is 0.333. The summed E-state index contributed by atoms with van der Waals surface area (Å²) < 4.78 is 39.2. The van der Waals surface area contributed by atoms with Crippen LogP contribution in [0.3, 0.4) is 0 Å².